The summed E-state index contributed by atoms with van der Waals surface area (Å²) >= 11 is 3.40. The van der Waals surface area contributed by atoms with E-state index >= 15 is 0 Å². The predicted octanol–water partition coefficient (Wildman–Crippen LogP) is 3.59. The first-order valence-electron chi connectivity index (χ1n) is 6.61. The molecule has 0 atom stereocenters. The van der Waals surface area contributed by atoms with E-state index in [4.69, 9.17) is 0 Å². The molecule has 16 heavy (non-hydrogen) atoms. The van der Waals surface area contributed by atoms with E-state index in [1.165, 1.54) is 25.7 Å². The number of nitrogens with zero attached hydrogens (tertiary/aromatic N) is 1. The molecule has 1 aliphatic rings. The third-order valence-corrected chi connectivity index (χ3v) is 4.00. The van der Waals surface area contributed by atoms with Crippen LogP contribution in [-0.4, -0.2) is 29.2 Å². The van der Waals surface area contributed by atoms with Gasteiger partial charge in [-0.05, 0) is 31.6 Å². The highest BCUT2D eigenvalue weighted by Crippen LogP contribution is 2.22. The number of hydrogen-bond donors (Lipinski definition) is 0. The average molecular weight is 290 g/mol. The molecular formula is C13H24BrNO. The summed E-state index contributed by atoms with van der Waals surface area (Å²) < 4.78 is 0. The largest absolute Gasteiger partial charge is 0.343 e. The first-order valence-corrected chi connectivity index (χ1v) is 7.73. The van der Waals surface area contributed by atoms with Crippen molar-refractivity contribution < 1.29 is 4.79 Å². The second kappa shape index (κ2) is 8.10. The molecule has 1 fully saturated rings. The molecule has 0 saturated carbocycles. The molecule has 1 rings (SSSR count). The fourth-order valence-corrected chi connectivity index (χ4v) is 2.80. The summed E-state index contributed by atoms with van der Waals surface area (Å²) in [5, 5.41) is 1.01. The Kier molecular flexibility index (Phi) is 7.10. The number of halogens is 1. The molecule has 3 heteroatoms. The van der Waals surface area contributed by atoms with Crippen molar-refractivity contribution in [2.45, 2.75) is 51.9 Å². The maximum Gasteiger partial charge on any atom is 0.222 e. The predicted molar refractivity (Wildman–Crippen MR) is 71.9 cm³/mol. The number of likely N-dealkylation sites (tertiary alicyclic amines) is 1. The Morgan fingerprint density at radius 2 is 2.00 bits per heavy atom. The number of piperidine rings is 1. The molecule has 0 aliphatic carbocycles. The zero-order valence-electron chi connectivity index (χ0n) is 10.4. The van der Waals surface area contributed by atoms with Gasteiger partial charge in [-0.1, -0.05) is 35.7 Å². The number of carbonyl (C=O) groups is 1. The van der Waals surface area contributed by atoms with Crippen LogP contribution in [0.4, 0.5) is 0 Å². The molecule has 0 bridgehead atoms. The maximum atomic E-state index is 11.8. The Hall–Kier alpha value is -0.0500. The number of hydrogen-bond acceptors (Lipinski definition) is 1. The van der Waals surface area contributed by atoms with Crippen molar-refractivity contribution in [1.29, 1.82) is 0 Å². The summed E-state index contributed by atoms with van der Waals surface area (Å²) in [5.41, 5.74) is 0. The lowest BCUT2D eigenvalue weighted by molar-refractivity contribution is -0.132. The minimum Gasteiger partial charge on any atom is -0.343 e. The Labute approximate surface area is 108 Å². The first kappa shape index (κ1) is 14.0. The van der Waals surface area contributed by atoms with E-state index in [-0.39, 0.29) is 0 Å². The van der Waals surface area contributed by atoms with Crippen LogP contribution in [0.1, 0.15) is 51.9 Å². The van der Waals surface area contributed by atoms with Crippen LogP contribution < -0.4 is 0 Å². The second-order valence-electron chi connectivity index (χ2n) is 4.76. The van der Waals surface area contributed by atoms with Crippen LogP contribution in [0.2, 0.25) is 0 Å². The zero-order chi connectivity index (χ0) is 11.8. The molecule has 0 N–H and O–H groups in total. The molecule has 1 saturated heterocycles. The van der Waals surface area contributed by atoms with Gasteiger partial charge < -0.3 is 4.90 Å². The van der Waals surface area contributed by atoms with Gasteiger partial charge in [-0.15, -0.1) is 0 Å². The van der Waals surface area contributed by atoms with Crippen LogP contribution in [0.15, 0.2) is 0 Å². The van der Waals surface area contributed by atoms with Crippen molar-refractivity contribution in [1.82, 2.24) is 4.90 Å². The van der Waals surface area contributed by atoms with E-state index in [1.54, 1.807) is 0 Å². The minimum absolute atomic E-state index is 0.371. The maximum absolute atomic E-state index is 11.8. The Balaban J connectivity index is 2.17. The molecule has 0 aromatic carbocycles. The third kappa shape index (κ3) is 4.86. The highest BCUT2D eigenvalue weighted by Gasteiger charge is 2.21. The van der Waals surface area contributed by atoms with Crippen LogP contribution in [0.3, 0.4) is 0 Å². The summed E-state index contributed by atoms with van der Waals surface area (Å²) in [4.78, 5) is 13.9. The molecule has 1 aliphatic heterocycles. The summed E-state index contributed by atoms with van der Waals surface area (Å²) in [6.45, 7) is 4.24. The molecule has 0 aromatic heterocycles. The van der Waals surface area contributed by atoms with Gasteiger partial charge in [0.25, 0.3) is 0 Å². The van der Waals surface area contributed by atoms with E-state index in [0.29, 0.717) is 5.91 Å². The Bertz CT molecular complexity index is 200. The number of unbranched alkanes of at least 4 members (excludes halogenated alkanes) is 1. The summed E-state index contributed by atoms with van der Waals surface area (Å²) in [7, 11) is 0. The van der Waals surface area contributed by atoms with Gasteiger partial charge in [-0.2, -0.15) is 0 Å². The Morgan fingerprint density at radius 3 is 2.56 bits per heavy atom. The zero-order valence-corrected chi connectivity index (χ0v) is 12.0. The second-order valence-corrected chi connectivity index (χ2v) is 5.55. The molecule has 1 amide bonds. The molecule has 0 radical (unpaired) electrons. The summed E-state index contributed by atoms with van der Waals surface area (Å²) in [6, 6.07) is 0. The fourth-order valence-electron chi connectivity index (χ4n) is 2.41. The minimum atomic E-state index is 0.371. The van der Waals surface area contributed by atoms with E-state index in [1.807, 2.05) is 0 Å². The van der Waals surface area contributed by atoms with Crippen molar-refractivity contribution in [3.8, 4) is 0 Å². The SMILES string of the molecule is CCCC1CCN(C(=O)CCCCBr)CC1. The van der Waals surface area contributed by atoms with E-state index < -0.39 is 0 Å². The van der Waals surface area contributed by atoms with Crippen molar-refractivity contribution >= 4 is 21.8 Å². The van der Waals surface area contributed by atoms with E-state index in [2.05, 4.69) is 27.8 Å². The lowest BCUT2D eigenvalue weighted by Crippen LogP contribution is -2.38. The molecule has 1 heterocycles. The normalized spacial score (nSPS) is 17.8. The fraction of sp³-hybridized carbons (Fsp3) is 0.923. The van der Waals surface area contributed by atoms with Crippen molar-refractivity contribution in [2.24, 2.45) is 5.92 Å². The van der Waals surface area contributed by atoms with Crippen LogP contribution in [0.5, 0.6) is 0 Å². The lowest BCUT2D eigenvalue weighted by Gasteiger charge is -2.32. The molecule has 0 unspecified atom stereocenters. The highest BCUT2D eigenvalue weighted by molar-refractivity contribution is 9.09. The average Bonchev–Trinajstić information content (AvgIpc) is 2.30. The van der Waals surface area contributed by atoms with Gasteiger partial charge in [0, 0.05) is 24.8 Å². The molecule has 94 valence electrons. The molecule has 0 spiro atoms. The van der Waals surface area contributed by atoms with Crippen LogP contribution >= 0.6 is 15.9 Å². The lowest BCUT2D eigenvalue weighted by atomic mass is 9.92. The quantitative estimate of drug-likeness (QED) is 0.541. The van der Waals surface area contributed by atoms with Gasteiger partial charge >= 0.3 is 0 Å². The monoisotopic (exact) mass is 289 g/mol. The highest BCUT2D eigenvalue weighted by atomic mass is 79.9. The van der Waals surface area contributed by atoms with Crippen LogP contribution in [0, 0.1) is 5.92 Å². The number of rotatable bonds is 6. The van der Waals surface area contributed by atoms with Crippen LogP contribution in [0.25, 0.3) is 0 Å². The molecular weight excluding hydrogens is 266 g/mol. The first-order chi connectivity index (χ1) is 7.77. The van der Waals surface area contributed by atoms with E-state index in [9.17, 15) is 4.79 Å². The molecule has 2 nitrogen and oxygen atoms in total. The van der Waals surface area contributed by atoms with Crippen molar-refractivity contribution in [2.75, 3.05) is 18.4 Å². The topological polar surface area (TPSA) is 20.3 Å². The third-order valence-electron chi connectivity index (χ3n) is 3.44. The van der Waals surface area contributed by atoms with Crippen LogP contribution in [-0.2, 0) is 4.79 Å². The van der Waals surface area contributed by atoms with E-state index in [0.717, 1.165) is 43.6 Å². The van der Waals surface area contributed by atoms with Gasteiger partial charge in [0.15, 0.2) is 0 Å². The standard InChI is InChI=1S/C13H24BrNO/c1-2-5-12-7-10-15(11-8-12)13(16)6-3-4-9-14/h12H,2-11H2,1H3. The number of alkyl halides is 1. The Morgan fingerprint density at radius 1 is 1.31 bits per heavy atom. The van der Waals surface area contributed by atoms with Gasteiger partial charge in [-0.25, -0.2) is 0 Å². The van der Waals surface area contributed by atoms with Gasteiger partial charge in [0.05, 0.1) is 0 Å². The van der Waals surface area contributed by atoms with Gasteiger partial charge in [0.2, 0.25) is 5.91 Å². The number of amides is 1. The summed E-state index contributed by atoms with van der Waals surface area (Å²) in [6.07, 6.45) is 7.94. The van der Waals surface area contributed by atoms with Crippen molar-refractivity contribution in [3.05, 3.63) is 0 Å². The smallest absolute Gasteiger partial charge is 0.222 e. The van der Waals surface area contributed by atoms with Crippen molar-refractivity contribution in [3.63, 3.8) is 0 Å². The number of carbonyl (C=O) groups excluding carboxylic acids is 1. The summed E-state index contributed by atoms with van der Waals surface area (Å²) in [5.74, 6) is 1.24. The van der Waals surface area contributed by atoms with Gasteiger partial charge in [0.1, 0.15) is 0 Å². The molecule has 0 aromatic rings. The van der Waals surface area contributed by atoms with Gasteiger partial charge in [-0.3, -0.25) is 4.79 Å².